The first-order valence-corrected chi connectivity index (χ1v) is 11.3. The summed E-state index contributed by atoms with van der Waals surface area (Å²) in [6.45, 7) is 4.54. The van der Waals surface area contributed by atoms with E-state index in [1.165, 1.54) is 4.90 Å². The molecule has 5 rings (SSSR count). The number of Topliss-reactive ketones (excluding diaryl/α,β-unsaturated/α-hetero) is 1. The number of aliphatic hydroxyl groups is 1. The quantitative estimate of drug-likeness (QED) is 0.320. The third kappa shape index (κ3) is 3.97. The van der Waals surface area contributed by atoms with Gasteiger partial charge in [0.25, 0.3) is 11.7 Å². The number of ketones is 1. The number of nitrogens with zero attached hydrogens (tertiary/aromatic N) is 2. The van der Waals surface area contributed by atoms with Gasteiger partial charge in [-0.1, -0.05) is 13.0 Å². The van der Waals surface area contributed by atoms with Crippen molar-refractivity contribution in [3.05, 3.63) is 83.2 Å². The average molecular weight is 472 g/mol. The van der Waals surface area contributed by atoms with Crippen molar-refractivity contribution >= 4 is 23.1 Å². The van der Waals surface area contributed by atoms with E-state index in [9.17, 15) is 14.7 Å². The molecule has 1 amide bonds. The van der Waals surface area contributed by atoms with E-state index in [-0.39, 0.29) is 18.1 Å². The van der Waals surface area contributed by atoms with E-state index in [1.807, 2.05) is 13.8 Å². The highest BCUT2D eigenvalue weighted by Crippen LogP contribution is 2.44. The molecule has 0 aliphatic carbocycles. The number of aliphatic hydroxyl groups excluding tert-OH is 1. The Bertz CT molecular complexity index is 1330. The van der Waals surface area contributed by atoms with Gasteiger partial charge in [-0.25, -0.2) is 0 Å². The van der Waals surface area contributed by atoms with Crippen molar-refractivity contribution in [2.45, 2.75) is 26.3 Å². The van der Waals surface area contributed by atoms with Gasteiger partial charge < -0.3 is 19.3 Å². The van der Waals surface area contributed by atoms with Gasteiger partial charge in [0.2, 0.25) is 6.79 Å². The molecule has 1 atom stereocenters. The van der Waals surface area contributed by atoms with Gasteiger partial charge in [-0.05, 0) is 61.4 Å². The number of hydrogen-bond donors (Lipinski definition) is 1. The fraction of sp³-hybridized carbons (Fsp3) is 0.222. The maximum absolute atomic E-state index is 13.3. The summed E-state index contributed by atoms with van der Waals surface area (Å²) in [5, 5.41) is 11.3. The van der Waals surface area contributed by atoms with Crippen LogP contribution in [-0.4, -0.2) is 35.2 Å². The molecule has 0 saturated carbocycles. The van der Waals surface area contributed by atoms with E-state index in [0.29, 0.717) is 40.8 Å². The molecule has 0 spiro atoms. The zero-order chi connectivity index (χ0) is 24.5. The molecule has 178 valence electrons. The van der Waals surface area contributed by atoms with Crippen molar-refractivity contribution in [1.29, 1.82) is 0 Å². The number of aromatic nitrogens is 1. The Morgan fingerprint density at radius 2 is 1.94 bits per heavy atom. The lowest BCUT2D eigenvalue weighted by atomic mass is 9.97. The molecule has 3 aromatic rings. The van der Waals surface area contributed by atoms with Crippen molar-refractivity contribution in [3.63, 3.8) is 0 Å². The number of ether oxygens (including phenoxy) is 3. The van der Waals surface area contributed by atoms with Gasteiger partial charge in [-0.2, -0.15) is 0 Å². The molecular weight excluding hydrogens is 448 g/mol. The summed E-state index contributed by atoms with van der Waals surface area (Å²) >= 11 is 0. The summed E-state index contributed by atoms with van der Waals surface area (Å²) in [5.74, 6) is -0.0959. The molecule has 8 nitrogen and oxygen atoms in total. The van der Waals surface area contributed by atoms with Crippen LogP contribution in [0, 0.1) is 6.92 Å². The minimum Gasteiger partial charge on any atom is -0.507 e. The van der Waals surface area contributed by atoms with Crippen LogP contribution in [0.25, 0.3) is 5.76 Å². The van der Waals surface area contributed by atoms with Crippen molar-refractivity contribution in [2.75, 3.05) is 18.3 Å². The number of carbonyl (C=O) groups excluding carboxylic acids is 2. The minimum absolute atomic E-state index is 0.0343. The van der Waals surface area contributed by atoms with Crippen molar-refractivity contribution < 1.29 is 28.9 Å². The maximum Gasteiger partial charge on any atom is 0.300 e. The number of anilines is 1. The van der Waals surface area contributed by atoms with Gasteiger partial charge in [0.15, 0.2) is 11.5 Å². The molecule has 1 aromatic heterocycles. The van der Waals surface area contributed by atoms with Crippen molar-refractivity contribution in [2.24, 2.45) is 0 Å². The Balaban J connectivity index is 1.63. The third-order valence-electron chi connectivity index (χ3n) is 5.96. The largest absolute Gasteiger partial charge is 0.507 e. The molecular formula is C27H24N2O6. The molecule has 2 aliphatic rings. The summed E-state index contributed by atoms with van der Waals surface area (Å²) in [6.07, 6.45) is 2.45. The number of pyridine rings is 1. The van der Waals surface area contributed by atoms with E-state index in [0.717, 1.165) is 12.0 Å². The molecule has 8 heteroatoms. The second-order valence-corrected chi connectivity index (χ2v) is 8.29. The predicted octanol–water partition coefficient (Wildman–Crippen LogP) is 4.53. The fourth-order valence-corrected chi connectivity index (χ4v) is 4.28. The van der Waals surface area contributed by atoms with E-state index in [1.54, 1.807) is 60.8 Å². The molecule has 3 heterocycles. The van der Waals surface area contributed by atoms with Crippen molar-refractivity contribution in [3.8, 4) is 17.2 Å². The van der Waals surface area contributed by atoms with Gasteiger partial charge in [0.1, 0.15) is 17.6 Å². The van der Waals surface area contributed by atoms with Crippen LogP contribution < -0.4 is 19.1 Å². The van der Waals surface area contributed by atoms with Crippen LogP contribution in [0.4, 0.5) is 5.69 Å². The number of rotatable bonds is 6. The predicted molar refractivity (Wildman–Crippen MR) is 129 cm³/mol. The molecule has 1 N–H and O–H groups in total. The number of amides is 1. The first kappa shape index (κ1) is 22.5. The van der Waals surface area contributed by atoms with Gasteiger partial charge in [0, 0.05) is 23.5 Å². The second kappa shape index (κ2) is 9.13. The lowest BCUT2D eigenvalue weighted by Crippen LogP contribution is -2.29. The monoisotopic (exact) mass is 472 g/mol. The highest BCUT2D eigenvalue weighted by Gasteiger charge is 2.48. The van der Waals surface area contributed by atoms with Crippen LogP contribution >= 0.6 is 0 Å². The lowest BCUT2D eigenvalue weighted by molar-refractivity contribution is -0.132. The molecule has 1 fully saturated rings. The first-order chi connectivity index (χ1) is 17.0. The molecule has 2 aromatic carbocycles. The summed E-state index contributed by atoms with van der Waals surface area (Å²) in [5.41, 5.74) is 2.07. The van der Waals surface area contributed by atoms with E-state index >= 15 is 0 Å². The zero-order valence-corrected chi connectivity index (χ0v) is 19.4. The van der Waals surface area contributed by atoms with E-state index < -0.39 is 17.7 Å². The van der Waals surface area contributed by atoms with Crippen LogP contribution in [0.5, 0.6) is 17.2 Å². The zero-order valence-electron chi connectivity index (χ0n) is 19.4. The summed E-state index contributed by atoms with van der Waals surface area (Å²) in [6, 6.07) is 14.5. The standard InChI is InChI=1S/C27H24N2O6/c1-3-12-33-20-9-7-17(13-16(20)2)25(30)23-24(19-6-4-5-11-28-19)29(27(32)26(23)31)18-8-10-21-22(14-18)35-15-34-21/h4-11,13-14,24,30H,3,12,15H2,1-2H3/b25-23+. The second-order valence-electron chi connectivity index (χ2n) is 8.29. The fourth-order valence-electron chi connectivity index (χ4n) is 4.28. The van der Waals surface area contributed by atoms with E-state index in [2.05, 4.69) is 4.98 Å². The Labute approximate surface area is 202 Å². The highest BCUT2D eigenvalue weighted by atomic mass is 16.7. The molecule has 0 bridgehead atoms. The Hall–Kier alpha value is -4.33. The molecule has 1 saturated heterocycles. The van der Waals surface area contributed by atoms with Gasteiger partial charge >= 0.3 is 0 Å². The van der Waals surface area contributed by atoms with Crippen LogP contribution in [-0.2, 0) is 9.59 Å². The molecule has 35 heavy (non-hydrogen) atoms. The van der Waals surface area contributed by atoms with Crippen molar-refractivity contribution in [1.82, 2.24) is 4.98 Å². The minimum atomic E-state index is -0.923. The number of carbonyl (C=O) groups is 2. The SMILES string of the molecule is CCCOc1ccc(/C(O)=C2\C(=O)C(=O)N(c3ccc4c(c3)OCO4)C2c2ccccn2)cc1C. The number of fused-ring (bicyclic) bond motifs is 1. The van der Waals surface area contributed by atoms with E-state index in [4.69, 9.17) is 14.2 Å². The van der Waals surface area contributed by atoms with Crippen LogP contribution in [0.2, 0.25) is 0 Å². The Morgan fingerprint density at radius 1 is 1.11 bits per heavy atom. The highest BCUT2D eigenvalue weighted by molar-refractivity contribution is 6.51. The van der Waals surface area contributed by atoms with Crippen LogP contribution in [0.3, 0.4) is 0 Å². The normalized spacial score (nSPS) is 18.2. The maximum atomic E-state index is 13.3. The number of aryl methyl sites for hydroxylation is 1. The third-order valence-corrected chi connectivity index (χ3v) is 5.96. The Kier molecular flexibility index (Phi) is 5.86. The summed E-state index contributed by atoms with van der Waals surface area (Å²) < 4.78 is 16.6. The van der Waals surface area contributed by atoms with Gasteiger partial charge in [-0.3, -0.25) is 19.5 Å². The lowest BCUT2D eigenvalue weighted by Gasteiger charge is -2.24. The summed E-state index contributed by atoms with van der Waals surface area (Å²) in [7, 11) is 0. The van der Waals surface area contributed by atoms with Gasteiger partial charge in [-0.15, -0.1) is 0 Å². The Morgan fingerprint density at radius 3 is 2.69 bits per heavy atom. The smallest absolute Gasteiger partial charge is 0.300 e. The van der Waals surface area contributed by atoms with Gasteiger partial charge in [0.05, 0.1) is 17.9 Å². The topological polar surface area (TPSA) is 98.2 Å². The number of hydrogen-bond acceptors (Lipinski definition) is 7. The summed E-state index contributed by atoms with van der Waals surface area (Å²) in [4.78, 5) is 32.3. The number of benzene rings is 2. The molecule has 1 unspecified atom stereocenters. The molecule has 0 radical (unpaired) electrons. The average Bonchev–Trinajstić information content (AvgIpc) is 3.45. The van der Waals surface area contributed by atoms with Crippen LogP contribution in [0.1, 0.15) is 36.2 Å². The molecule has 2 aliphatic heterocycles. The first-order valence-electron chi connectivity index (χ1n) is 11.3. The van der Waals surface area contributed by atoms with Crippen LogP contribution in [0.15, 0.2) is 66.4 Å².